The summed E-state index contributed by atoms with van der Waals surface area (Å²) in [5.41, 5.74) is 0.544. The molecule has 0 aromatic heterocycles. The molecular formula is C11H14BrClO3S. The van der Waals surface area contributed by atoms with Crippen molar-refractivity contribution in [3.05, 3.63) is 33.3 Å². The summed E-state index contributed by atoms with van der Waals surface area (Å²) < 4.78 is 24.7. The van der Waals surface area contributed by atoms with Crippen molar-refractivity contribution in [3.63, 3.8) is 0 Å². The molecular weight excluding hydrogens is 328 g/mol. The Kier molecular flexibility index (Phi) is 5.01. The van der Waals surface area contributed by atoms with E-state index in [1.54, 1.807) is 18.2 Å². The Morgan fingerprint density at radius 3 is 2.47 bits per heavy atom. The molecule has 6 heteroatoms. The van der Waals surface area contributed by atoms with Crippen molar-refractivity contribution in [2.45, 2.75) is 31.0 Å². The molecule has 0 saturated heterocycles. The van der Waals surface area contributed by atoms with Crippen LogP contribution in [0.15, 0.2) is 22.7 Å². The maximum atomic E-state index is 11.9. The number of aliphatic hydroxyl groups is 1. The summed E-state index contributed by atoms with van der Waals surface area (Å²) >= 11 is 9.22. The smallest absolute Gasteiger partial charge is 0.159 e. The van der Waals surface area contributed by atoms with Gasteiger partial charge in [-0.15, -0.1) is 0 Å². The standard InChI is InChI=1S/C11H14BrClO3S/c1-7(14)8(2)17(15,16)6-9-3-4-10(12)5-11(9)13/h3-5,7-8,14H,6H2,1-2H3. The van der Waals surface area contributed by atoms with Crippen LogP contribution in [0, 0.1) is 0 Å². The number of aliphatic hydroxyl groups excluding tert-OH is 1. The fourth-order valence-corrected chi connectivity index (χ4v) is 3.65. The normalized spacial score (nSPS) is 15.6. The molecule has 2 unspecified atom stereocenters. The van der Waals surface area contributed by atoms with Gasteiger partial charge in [0.25, 0.3) is 0 Å². The van der Waals surface area contributed by atoms with Crippen LogP contribution in [0.4, 0.5) is 0 Å². The van der Waals surface area contributed by atoms with Gasteiger partial charge in [0.1, 0.15) is 0 Å². The molecule has 0 bridgehead atoms. The zero-order valence-electron chi connectivity index (χ0n) is 9.52. The Morgan fingerprint density at radius 2 is 2.00 bits per heavy atom. The molecule has 96 valence electrons. The van der Waals surface area contributed by atoms with Gasteiger partial charge in [0.05, 0.1) is 17.1 Å². The van der Waals surface area contributed by atoms with Crippen LogP contribution in [0.3, 0.4) is 0 Å². The summed E-state index contributed by atoms with van der Waals surface area (Å²) in [6, 6.07) is 5.06. The van der Waals surface area contributed by atoms with E-state index in [0.717, 1.165) is 4.47 Å². The predicted octanol–water partition coefficient (Wildman–Crippen LogP) is 2.79. The van der Waals surface area contributed by atoms with Crippen molar-refractivity contribution < 1.29 is 13.5 Å². The van der Waals surface area contributed by atoms with Gasteiger partial charge < -0.3 is 5.11 Å². The van der Waals surface area contributed by atoms with Crippen LogP contribution in [-0.2, 0) is 15.6 Å². The maximum absolute atomic E-state index is 11.9. The fourth-order valence-electron chi connectivity index (χ4n) is 1.29. The molecule has 1 N–H and O–H groups in total. The van der Waals surface area contributed by atoms with Gasteiger partial charge in [-0.3, -0.25) is 0 Å². The van der Waals surface area contributed by atoms with E-state index < -0.39 is 21.2 Å². The lowest BCUT2D eigenvalue weighted by atomic mass is 10.2. The molecule has 1 aromatic carbocycles. The van der Waals surface area contributed by atoms with E-state index >= 15 is 0 Å². The summed E-state index contributed by atoms with van der Waals surface area (Å²) in [5, 5.41) is 8.93. The molecule has 0 aliphatic carbocycles. The Bertz CT molecular complexity index is 499. The third-order valence-electron chi connectivity index (χ3n) is 2.62. The second kappa shape index (κ2) is 5.69. The third kappa shape index (κ3) is 3.95. The van der Waals surface area contributed by atoms with Crippen molar-refractivity contribution in [2.24, 2.45) is 0 Å². The highest BCUT2D eigenvalue weighted by atomic mass is 79.9. The van der Waals surface area contributed by atoms with Crippen LogP contribution in [0.25, 0.3) is 0 Å². The first-order chi connectivity index (χ1) is 7.74. The van der Waals surface area contributed by atoms with Crippen molar-refractivity contribution in [1.82, 2.24) is 0 Å². The van der Waals surface area contributed by atoms with Crippen LogP contribution >= 0.6 is 27.5 Å². The molecule has 0 aliphatic rings. The number of sulfone groups is 1. The number of hydrogen-bond acceptors (Lipinski definition) is 3. The zero-order valence-corrected chi connectivity index (χ0v) is 12.7. The van der Waals surface area contributed by atoms with Gasteiger partial charge in [-0.2, -0.15) is 0 Å². The van der Waals surface area contributed by atoms with Crippen LogP contribution in [-0.4, -0.2) is 24.9 Å². The minimum absolute atomic E-state index is 0.162. The quantitative estimate of drug-likeness (QED) is 0.916. The largest absolute Gasteiger partial charge is 0.392 e. The number of benzene rings is 1. The predicted molar refractivity (Wildman–Crippen MR) is 72.9 cm³/mol. The molecule has 0 fully saturated rings. The van der Waals surface area contributed by atoms with Gasteiger partial charge in [-0.25, -0.2) is 8.42 Å². The summed E-state index contributed by atoms with van der Waals surface area (Å²) in [7, 11) is -3.40. The van der Waals surface area contributed by atoms with E-state index in [1.165, 1.54) is 13.8 Å². The SMILES string of the molecule is CC(O)C(C)S(=O)(=O)Cc1ccc(Br)cc1Cl. The summed E-state index contributed by atoms with van der Waals surface area (Å²) in [6.45, 7) is 2.96. The summed E-state index contributed by atoms with van der Waals surface area (Å²) in [6.07, 6.45) is -0.894. The molecule has 0 heterocycles. The summed E-state index contributed by atoms with van der Waals surface area (Å²) in [4.78, 5) is 0. The first-order valence-corrected chi connectivity index (χ1v) is 7.96. The van der Waals surface area contributed by atoms with Gasteiger partial charge in [-0.1, -0.05) is 33.6 Å². The summed E-state index contributed by atoms with van der Waals surface area (Å²) in [5.74, 6) is -0.162. The molecule has 0 amide bonds. The Morgan fingerprint density at radius 1 is 1.41 bits per heavy atom. The molecule has 2 atom stereocenters. The number of rotatable bonds is 4. The average molecular weight is 342 g/mol. The van der Waals surface area contributed by atoms with Crippen LogP contribution in [0.2, 0.25) is 5.02 Å². The van der Waals surface area contributed by atoms with E-state index in [-0.39, 0.29) is 5.75 Å². The van der Waals surface area contributed by atoms with Crippen molar-refractivity contribution in [2.75, 3.05) is 0 Å². The van der Waals surface area contributed by atoms with Gasteiger partial charge in [0, 0.05) is 9.50 Å². The molecule has 3 nitrogen and oxygen atoms in total. The molecule has 1 aromatic rings. The van der Waals surface area contributed by atoms with Gasteiger partial charge >= 0.3 is 0 Å². The Hall–Kier alpha value is -0.100. The molecule has 0 aliphatic heterocycles. The van der Waals surface area contributed by atoms with Crippen LogP contribution < -0.4 is 0 Å². The van der Waals surface area contributed by atoms with E-state index in [9.17, 15) is 13.5 Å². The Balaban J connectivity index is 2.98. The monoisotopic (exact) mass is 340 g/mol. The maximum Gasteiger partial charge on any atom is 0.159 e. The van der Waals surface area contributed by atoms with E-state index in [2.05, 4.69) is 15.9 Å². The lowest BCUT2D eigenvalue weighted by Crippen LogP contribution is -2.30. The second-order valence-electron chi connectivity index (χ2n) is 3.99. The van der Waals surface area contributed by atoms with E-state index in [1.807, 2.05) is 0 Å². The van der Waals surface area contributed by atoms with Gasteiger partial charge in [-0.05, 0) is 31.5 Å². The first-order valence-electron chi connectivity index (χ1n) is 5.07. The lowest BCUT2D eigenvalue weighted by Gasteiger charge is -2.16. The highest BCUT2D eigenvalue weighted by molar-refractivity contribution is 9.10. The number of hydrogen-bond donors (Lipinski definition) is 1. The Labute approximate surface area is 115 Å². The third-order valence-corrected chi connectivity index (χ3v) is 5.70. The van der Waals surface area contributed by atoms with Gasteiger partial charge in [0.2, 0.25) is 0 Å². The first kappa shape index (κ1) is 15.0. The highest BCUT2D eigenvalue weighted by Gasteiger charge is 2.26. The van der Waals surface area contributed by atoms with E-state index in [4.69, 9.17) is 11.6 Å². The number of halogens is 2. The minimum Gasteiger partial charge on any atom is -0.392 e. The van der Waals surface area contributed by atoms with E-state index in [0.29, 0.717) is 10.6 Å². The topological polar surface area (TPSA) is 54.4 Å². The molecule has 17 heavy (non-hydrogen) atoms. The lowest BCUT2D eigenvalue weighted by molar-refractivity contribution is 0.193. The molecule has 1 rings (SSSR count). The molecule has 0 radical (unpaired) electrons. The average Bonchev–Trinajstić information content (AvgIpc) is 2.21. The zero-order chi connectivity index (χ0) is 13.2. The van der Waals surface area contributed by atoms with Crippen LogP contribution in [0.5, 0.6) is 0 Å². The van der Waals surface area contributed by atoms with Crippen molar-refractivity contribution in [1.29, 1.82) is 0 Å². The van der Waals surface area contributed by atoms with Crippen molar-refractivity contribution >= 4 is 37.4 Å². The highest BCUT2D eigenvalue weighted by Crippen LogP contribution is 2.24. The van der Waals surface area contributed by atoms with Gasteiger partial charge in [0.15, 0.2) is 9.84 Å². The molecule has 0 saturated carbocycles. The van der Waals surface area contributed by atoms with Crippen LogP contribution in [0.1, 0.15) is 19.4 Å². The second-order valence-corrected chi connectivity index (χ2v) is 7.67. The minimum atomic E-state index is -3.40. The van der Waals surface area contributed by atoms with Crippen molar-refractivity contribution in [3.8, 4) is 0 Å². The fraction of sp³-hybridized carbons (Fsp3) is 0.455. The molecule has 0 spiro atoms.